The van der Waals surface area contributed by atoms with Crippen LogP contribution in [0.5, 0.6) is 0 Å². The van der Waals surface area contributed by atoms with E-state index in [1.807, 2.05) is 45.9 Å². The molecular weight excluding hydrogens is 394 g/mol. The van der Waals surface area contributed by atoms with E-state index in [1.165, 1.54) is 16.4 Å². The van der Waals surface area contributed by atoms with Crippen molar-refractivity contribution in [1.82, 2.24) is 29.5 Å². The number of carbonyl (C=O) groups excluding carboxylic acids is 1. The Kier molecular flexibility index (Phi) is 5.41. The van der Waals surface area contributed by atoms with Crippen LogP contribution in [-0.4, -0.2) is 35.4 Å². The van der Waals surface area contributed by atoms with Crippen molar-refractivity contribution in [2.24, 2.45) is 0 Å². The number of nitrogens with one attached hydrogen (secondary N) is 2. The molecule has 31 heavy (non-hydrogen) atoms. The van der Waals surface area contributed by atoms with Crippen LogP contribution in [0.2, 0.25) is 0 Å². The summed E-state index contributed by atoms with van der Waals surface area (Å²) < 4.78 is 3.08. The maximum absolute atomic E-state index is 12.7. The molecule has 4 aromatic rings. The van der Waals surface area contributed by atoms with Crippen LogP contribution < -0.4 is 10.9 Å². The standard InChI is InChI=1S/C22H25N7O2/c1-5-6-7-19(30)24-18-11-15(4)27-29(18)22-25-20-17(21(31)26-22)12-23-28(20)16-9-8-13(2)14(3)10-16/h8-12H,5-7H2,1-4H3,(H,24,30)(H,25,26,31). The number of benzene rings is 1. The Morgan fingerprint density at radius 3 is 2.68 bits per heavy atom. The van der Waals surface area contributed by atoms with E-state index in [4.69, 9.17) is 0 Å². The van der Waals surface area contributed by atoms with Gasteiger partial charge in [0, 0.05) is 12.5 Å². The molecule has 160 valence electrons. The van der Waals surface area contributed by atoms with Crippen molar-refractivity contribution in [1.29, 1.82) is 0 Å². The van der Waals surface area contributed by atoms with E-state index < -0.39 is 0 Å². The highest BCUT2D eigenvalue weighted by Gasteiger charge is 2.17. The molecule has 1 amide bonds. The van der Waals surface area contributed by atoms with Gasteiger partial charge >= 0.3 is 0 Å². The van der Waals surface area contributed by atoms with Gasteiger partial charge in [0.1, 0.15) is 11.2 Å². The minimum atomic E-state index is -0.327. The first-order valence-corrected chi connectivity index (χ1v) is 10.3. The van der Waals surface area contributed by atoms with Crippen molar-refractivity contribution in [3.63, 3.8) is 0 Å². The molecule has 1 aromatic carbocycles. The zero-order valence-corrected chi connectivity index (χ0v) is 18.1. The van der Waals surface area contributed by atoms with Gasteiger partial charge in [-0.25, -0.2) is 4.68 Å². The lowest BCUT2D eigenvalue weighted by atomic mass is 10.1. The molecule has 3 aromatic heterocycles. The number of nitrogens with zero attached hydrogens (tertiary/aromatic N) is 5. The summed E-state index contributed by atoms with van der Waals surface area (Å²) in [6.45, 7) is 7.91. The Balaban J connectivity index is 1.80. The number of carbonyl (C=O) groups is 1. The van der Waals surface area contributed by atoms with Crippen molar-refractivity contribution in [3.8, 4) is 11.6 Å². The van der Waals surface area contributed by atoms with Gasteiger partial charge in [-0.3, -0.25) is 14.6 Å². The average Bonchev–Trinajstić information content (AvgIpc) is 3.32. The van der Waals surface area contributed by atoms with E-state index in [1.54, 1.807) is 10.7 Å². The van der Waals surface area contributed by atoms with E-state index in [0.29, 0.717) is 29.0 Å². The lowest BCUT2D eigenvalue weighted by Gasteiger charge is -2.09. The third-order valence-corrected chi connectivity index (χ3v) is 5.22. The first-order valence-electron chi connectivity index (χ1n) is 10.3. The van der Waals surface area contributed by atoms with Crippen LogP contribution in [0.4, 0.5) is 5.82 Å². The van der Waals surface area contributed by atoms with E-state index in [-0.39, 0.29) is 17.4 Å². The molecule has 0 atom stereocenters. The molecule has 0 radical (unpaired) electrons. The maximum Gasteiger partial charge on any atom is 0.263 e. The zero-order valence-electron chi connectivity index (χ0n) is 18.1. The van der Waals surface area contributed by atoms with Gasteiger partial charge in [0.15, 0.2) is 5.65 Å². The molecule has 0 aliphatic carbocycles. The summed E-state index contributed by atoms with van der Waals surface area (Å²) in [6, 6.07) is 7.69. The van der Waals surface area contributed by atoms with Crippen molar-refractivity contribution >= 4 is 22.8 Å². The van der Waals surface area contributed by atoms with Gasteiger partial charge in [0.2, 0.25) is 11.9 Å². The molecule has 0 unspecified atom stereocenters. The third-order valence-electron chi connectivity index (χ3n) is 5.22. The molecule has 4 rings (SSSR count). The lowest BCUT2D eigenvalue weighted by Crippen LogP contribution is -2.19. The highest BCUT2D eigenvalue weighted by atomic mass is 16.1. The Bertz CT molecular complexity index is 1330. The van der Waals surface area contributed by atoms with Gasteiger partial charge in [-0.1, -0.05) is 19.4 Å². The number of hydrogen-bond donors (Lipinski definition) is 2. The summed E-state index contributed by atoms with van der Waals surface area (Å²) in [4.78, 5) is 32.4. The molecule has 0 saturated carbocycles. The molecule has 3 heterocycles. The Morgan fingerprint density at radius 2 is 1.94 bits per heavy atom. The highest BCUT2D eigenvalue weighted by Crippen LogP contribution is 2.20. The van der Waals surface area contributed by atoms with Gasteiger partial charge in [-0.05, 0) is 50.5 Å². The second kappa shape index (κ2) is 8.17. The second-order valence-electron chi connectivity index (χ2n) is 7.69. The summed E-state index contributed by atoms with van der Waals surface area (Å²) in [5.41, 5.74) is 3.88. The van der Waals surface area contributed by atoms with E-state index in [2.05, 4.69) is 25.5 Å². The number of amides is 1. The molecule has 0 spiro atoms. The first kappa shape index (κ1) is 20.5. The Morgan fingerprint density at radius 1 is 1.13 bits per heavy atom. The number of unbranched alkanes of at least 4 members (excludes halogenated alkanes) is 1. The summed E-state index contributed by atoms with van der Waals surface area (Å²) in [5.74, 6) is 0.562. The first-order chi connectivity index (χ1) is 14.9. The number of H-pyrrole nitrogens is 1. The van der Waals surface area contributed by atoms with Crippen LogP contribution in [0, 0.1) is 20.8 Å². The maximum atomic E-state index is 12.7. The molecule has 9 nitrogen and oxygen atoms in total. The smallest absolute Gasteiger partial charge is 0.263 e. The molecule has 2 N–H and O–H groups in total. The number of aromatic amines is 1. The predicted molar refractivity (Wildman–Crippen MR) is 119 cm³/mol. The monoisotopic (exact) mass is 419 g/mol. The normalized spacial score (nSPS) is 11.2. The molecule has 0 saturated heterocycles. The number of rotatable bonds is 6. The molecule has 0 aliphatic rings. The van der Waals surface area contributed by atoms with Gasteiger partial charge in [0.25, 0.3) is 5.56 Å². The fourth-order valence-electron chi connectivity index (χ4n) is 3.35. The zero-order chi connectivity index (χ0) is 22.1. The summed E-state index contributed by atoms with van der Waals surface area (Å²) >= 11 is 0. The van der Waals surface area contributed by atoms with Crippen LogP contribution >= 0.6 is 0 Å². The van der Waals surface area contributed by atoms with Gasteiger partial charge in [-0.2, -0.15) is 19.9 Å². The summed E-state index contributed by atoms with van der Waals surface area (Å²) in [6.07, 6.45) is 3.65. The average molecular weight is 419 g/mol. The lowest BCUT2D eigenvalue weighted by molar-refractivity contribution is -0.116. The van der Waals surface area contributed by atoms with E-state index in [0.717, 1.165) is 24.1 Å². The third kappa shape index (κ3) is 3.98. The number of aryl methyl sites for hydroxylation is 3. The summed E-state index contributed by atoms with van der Waals surface area (Å²) in [7, 11) is 0. The molecule has 9 heteroatoms. The van der Waals surface area contributed by atoms with Crippen LogP contribution in [0.15, 0.2) is 35.3 Å². The van der Waals surface area contributed by atoms with Gasteiger partial charge in [-0.15, -0.1) is 0 Å². The number of anilines is 1. The van der Waals surface area contributed by atoms with Gasteiger partial charge < -0.3 is 5.32 Å². The fraction of sp³-hybridized carbons (Fsp3) is 0.318. The highest BCUT2D eigenvalue weighted by molar-refractivity contribution is 5.90. The predicted octanol–water partition coefficient (Wildman–Crippen LogP) is 3.35. The molecular formula is C22H25N7O2. The van der Waals surface area contributed by atoms with Crippen LogP contribution in [0.25, 0.3) is 22.7 Å². The van der Waals surface area contributed by atoms with Crippen LogP contribution in [0.3, 0.4) is 0 Å². The Labute approximate surface area is 179 Å². The second-order valence-corrected chi connectivity index (χ2v) is 7.69. The largest absolute Gasteiger partial charge is 0.310 e. The van der Waals surface area contributed by atoms with Crippen molar-refractivity contribution in [2.75, 3.05) is 5.32 Å². The fourth-order valence-corrected chi connectivity index (χ4v) is 3.35. The SMILES string of the molecule is CCCCC(=O)Nc1cc(C)nn1-c1nc2c(cnn2-c2ccc(C)c(C)c2)c(=O)[nH]1. The molecule has 0 bridgehead atoms. The van der Waals surface area contributed by atoms with Crippen LogP contribution in [0.1, 0.15) is 43.0 Å². The van der Waals surface area contributed by atoms with Crippen LogP contribution in [-0.2, 0) is 4.79 Å². The van der Waals surface area contributed by atoms with E-state index >= 15 is 0 Å². The summed E-state index contributed by atoms with van der Waals surface area (Å²) in [5, 5.41) is 12.0. The van der Waals surface area contributed by atoms with Crippen molar-refractivity contribution in [3.05, 3.63) is 57.6 Å². The minimum Gasteiger partial charge on any atom is -0.310 e. The van der Waals surface area contributed by atoms with Crippen molar-refractivity contribution < 1.29 is 4.79 Å². The quantitative estimate of drug-likeness (QED) is 0.498. The topological polar surface area (TPSA) is 110 Å². The van der Waals surface area contributed by atoms with E-state index in [9.17, 15) is 9.59 Å². The molecule has 0 aliphatic heterocycles. The van der Waals surface area contributed by atoms with Gasteiger partial charge in [0.05, 0.1) is 17.6 Å². The number of fused-ring (bicyclic) bond motifs is 1. The minimum absolute atomic E-state index is 0.105. The van der Waals surface area contributed by atoms with Crippen molar-refractivity contribution in [2.45, 2.75) is 47.0 Å². The Hall–Kier alpha value is -3.75. The number of aromatic nitrogens is 6. The number of hydrogen-bond acceptors (Lipinski definition) is 5. The molecule has 0 fully saturated rings.